The Labute approximate surface area is 75.3 Å². The molecule has 11 heavy (non-hydrogen) atoms. The van der Waals surface area contributed by atoms with Gasteiger partial charge < -0.3 is 4.74 Å². The van der Waals surface area contributed by atoms with E-state index < -0.39 is 16.0 Å². The van der Waals surface area contributed by atoms with Crippen molar-refractivity contribution in [2.24, 2.45) is 0 Å². The van der Waals surface area contributed by atoms with E-state index in [0.29, 0.717) is 6.42 Å². The number of hydrogen-bond acceptors (Lipinski definition) is 5. The van der Waals surface area contributed by atoms with E-state index in [9.17, 15) is 9.59 Å². The molecule has 0 N–H and O–H groups in total. The lowest BCUT2D eigenvalue weighted by atomic mass is 10.2. The molecule has 0 aromatic heterocycles. The van der Waals surface area contributed by atoms with Gasteiger partial charge >= 0.3 is 11.9 Å². The average Bonchev–Trinajstić information content (AvgIpc) is 1.90. The van der Waals surface area contributed by atoms with Crippen LogP contribution >= 0.6 is 25.3 Å². The van der Waals surface area contributed by atoms with Gasteiger partial charge in [0.15, 0.2) is 0 Å². The molecule has 0 aromatic rings. The number of carbonyl (C=O) groups excluding carboxylic acids is 2. The molecule has 0 saturated carbocycles. The Hall–Kier alpha value is -0.160. The average molecular weight is 192 g/mol. The molecule has 1 rings (SSSR count). The van der Waals surface area contributed by atoms with Crippen LogP contribution in [0.25, 0.3) is 0 Å². The second kappa shape index (κ2) is 3.06. The summed E-state index contributed by atoms with van der Waals surface area (Å²) in [7, 11) is 0. The zero-order valence-electron chi connectivity index (χ0n) is 5.74. The van der Waals surface area contributed by atoms with Crippen LogP contribution < -0.4 is 0 Å². The Kier molecular flexibility index (Phi) is 2.49. The van der Waals surface area contributed by atoms with Gasteiger partial charge in [0.25, 0.3) is 0 Å². The fourth-order valence-corrected chi connectivity index (χ4v) is 1.32. The highest BCUT2D eigenvalue weighted by molar-refractivity contribution is 8.00. The van der Waals surface area contributed by atoms with Crippen LogP contribution in [0, 0.1) is 0 Å². The fraction of sp³-hybridized carbons (Fsp3) is 0.667. The number of ether oxygens (including phenoxy) is 1. The molecule has 1 aliphatic heterocycles. The van der Waals surface area contributed by atoms with Crippen molar-refractivity contribution in [1.29, 1.82) is 0 Å². The smallest absolute Gasteiger partial charge is 0.315 e. The summed E-state index contributed by atoms with van der Waals surface area (Å²) in [4.78, 5) is 21.4. The molecule has 1 aliphatic rings. The third-order valence-corrected chi connectivity index (χ3v) is 2.15. The van der Waals surface area contributed by atoms with E-state index in [1.807, 2.05) is 0 Å². The predicted octanol–water partition coefficient (Wildman–Crippen LogP) is 0.796. The third kappa shape index (κ3) is 2.75. The van der Waals surface area contributed by atoms with E-state index in [0.717, 1.165) is 0 Å². The molecule has 0 atom stereocenters. The Morgan fingerprint density at radius 2 is 1.91 bits per heavy atom. The van der Waals surface area contributed by atoms with Gasteiger partial charge in [-0.25, -0.2) is 0 Å². The number of carbonyl (C=O) groups is 2. The van der Waals surface area contributed by atoms with Crippen LogP contribution in [0.15, 0.2) is 0 Å². The highest BCUT2D eigenvalue weighted by Gasteiger charge is 2.31. The van der Waals surface area contributed by atoms with E-state index in [4.69, 9.17) is 0 Å². The van der Waals surface area contributed by atoms with Gasteiger partial charge in [0.1, 0.15) is 0 Å². The van der Waals surface area contributed by atoms with Crippen molar-refractivity contribution in [2.75, 3.05) is 0 Å². The molecule has 0 radical (unpaired) electrons. The molecule has 5 heteroatoms. The second-order valence-corrected chi connectivity index (χ2v) is 4.57. The molecule has 3 nitrogen and oxygen atoms in total. The topological polar surface area (TPSA) is 43.4 Å². The standard InChI is InChI=1S/C6H8O3S2/c7-4-1-2-6(10,11)3-5(8)9-4/h10-11H,1-3H2. The molecule has 1 heterocycles. The summed E-state index contributed by atoms with van der Waals surface area (Å²) in [5, 5.41) is 0. The third-order valence-electron chi connectivity index (χ3n) is 1.38. The summed E-state index contributed by atoms with van der Waals surface area (Å²) < 4.78 is 3.68. The molecular formula is C6H8O3S2. The summed E-state index contributed by atoms with van der Waals surface area (Å²) >= 11 is 8.20. The maximum absolute atomic E-state index is 10.8. The highest BCUT2D eigenvalue weighted by atomic mass is 32.2. The zero-order chi connectivity index (χ0) is 8.48. The molecule has 0 amide bonds. The van der Waals surface area contributed by atoms with Gasteiger partial charge in [0, 0.05) is 6.42 Å². The minimum Gasteiger partial charge on any atom is -0.393 e. The normalized spacial score (nSPS) is 24.2. The van der Waals surface area contributed by atoms with Crippen LogP contribution in [0.5, 0.6) is 0 Å². The summed E-state index contributed by atoms with van der Waals surface area (Å²) in [5.41, 5.74) is 0. The number of hydrogen-bond donors (Lipinski definition) is 2. The molecule has 1 saturated heterocycles. The number of cyclic esters (lactones) is 2. The van der Waals surface area contributed by atoms with Crippen LogP contribution in [0.2, 0.25) is 0 Å². The summed E-state index contributed by atoms with van der Waals surface area (Å²) in [5.74, 6) is -1.03. The minimum atomic E-state index is -0.691. The SMILES string of the molecule is O=C1CCC(S)(S)CC(=O)O1. The Balaban J connectivity index is 2.68. The lowest BCUT2D eigenvalue weighted by Gasteiger charge is -2.15. The fourth-order valence-electron chi connectivity index (χ4n) is 0.836. The van der Waals surface area contributed by atoms with E-state index in [1.54, 1.807) is 0 Å². The largest absolute Gasteiger partial charge is 0.393 e. The number of esters is 2. The Morgan fingerprint density at radius 3 is 2.55 bits per heavy atom. The van der Waals surface area contributed by atoms with Crippen LogP contribution in [-0.4, -0.2) is 16.0 Å². The van der Waals surface area contributed by atoms with E-state index in [2.05, 4.69) is 30.0 Å². The second-order valence-electron chi connectivity index (χ2n) is 2.51. The summed E-state index contributed by atoms with van der Waals surface area (Å²) in [6.07, 6.45) is 0.744. The first kappa shape index (κ1) is 8.93. The predicted molar refractivity (Wildman–Crippen MR) is 45.7 cm³/mol. The van der Waals surface area contributed by atoms with Gasteiger partial charge in [-0.15, -0.1) is 0 Å². The minimum absolute atomic E-state index is 0.0744. The van der Waals surface area contributed by atoms with Crippen molar-refractivity contribution in [1.82, 2.24) is 0 Å². The molecule has 62 valence electrons. The summed E-state index contributed by atoms with van der Waals surface area (Å²) in [6, 6.07) is 0. The van der Waals surface area contributed by atoms with Crippen molar-refractivity contribution in [3.8, 4) is 0 Å². The zero-order valence-corrected chi connectivity index (χ0v) is 7.53. The lowest BCUT2D eigenvalue weighted by molar-refractivity contribution is -0.158. The first-order valence-corrected chi connectivity index (χ1v) is 4.07. The van der Waals surface area contributed by atoms with Crippen molar-refractivity contribution >= 4 is 37.2 Å². The van der Waals surface area contributed by atoms with Gasteiger partial charge in [-0.3, -0.25) is 9.59 Å². The molecule has 0 unspecified atom stereocenters. The number of rotatable bonds is 0. The van der Waals surface area contributed by atoms with Crippen molar-refractivity contribution in [2.45, 2.75) is 23.3 Å². The van der Waals surface area contributed by atoms with Crippen molar-refractivity contribution in [3.63, 3.8) is 0 Å². The molecular weight excluding hydrogens is 184 g/mol. The van der Waals surface area contributed by atoms with Gasteiger partial charge in [0.05, 0.1) is 10.5 Å². The van der Waals surface area contributed by atoms with Gasteiger partial charge in [-0.1, -0.05) is 0 Å². The van der Waals surface area contributed by atoms with Crippen LogP contribution in [0.1, 0.15) is 19.3 Å². The summed E-state index contributed by atoms with van der Waals surface area (Å²) in [6.45, 7) is 0. The first-order chi connectivity index (χ1) is 4.99. The van der Waals surface area contributed by atoms with Gasteiger partial charge in [-0.05, 0) is 6.42 Å². The first-order valence-electron chi connectivity index (χ1n) is 3.18. The van der Waals surface area contributed by atoms with Gasteiger partial charge in [-0.2, -0.15) is 25.3 Å². The van der Waals surface area contributed by atoms with E-state index >= 15 is 0 Å². The van der Waals surface area contributed by atoms with Crippen molar-refractivity contribution in [3.05, 3.63) is 0 Å². The van der Waals surface area contributed by atoms with Crippen LogP contribution in [0.3, 0.4) is 0 Å². The van der Waals surface area contributed by atoms with Gasteiger partial charge in [0.2, 0.25) is 0 Å². The maximum atomic E-state index is 10.8. The quantitative estimate of drug-likeness (QED) is 0.258. The number of thiol groups is 2. The lowest BCUT2D eigenvalue weighted by Crippen LogP contribution is -2.16. The van der Waals surface area contributed by atoms with E-state index in [1.165, 1.54) is 0 Å². The molecule has 0 aliphatic carbocycles. The van der Waals surface area contributed by atoms with Crippen LogP contribution in [-0.2, 0) is 14.3 Å². The molecule has 1 fully saturated rings. The molecule has 0 bridgehead atoms. The van der Waals surface area contributed by atoms with Crippen LogP contribution in [0.4, 0.5) is 0 Å². The Bertz CT molecular complexity index is 200. The van der Waals surface area contributed by atoms with Crippen molar-refractivity contribution < 1.29 is 14.3 Å². The monoisotopic (exact) mass is 192 g/mol. The van der Waals surface area contributed by atoms with E-state index in [-0.39, 0.29) is 12.8 Å². The maximum Gasteiger partial charge on any atom is 0.315 e. The highest BCUT2D eigenvalue weighted by Crippen LogP contribution is 2.32. The molecule has 0 spiro atoms. The molecule has 0 aromatic carbocycles. The Morgan fingerprint density at radius 1 is 1.27 bits per heavy atom.